The van der Waals surface area contributed by atoms with Crippen LogP contribution in [0.3, 0.4) is 0 Å². The van der Waals surface area contributed by atoms with Gasteiger partial charge in [0.2, 0.25) is 0 Å². The Bertz CT molecular complexity index is 206. The summed E-state index contributed by atoms with van der Waals surface area (Å²) in [6.45, 7) is 12.7. The van der Waals surface area contributed by atoms with Gasteiger partial charge in [0.25, 0.3) is 0 Å². The number of hydrogen-bond acceptors (Lipinski definition) is 3. The van der Waals surface area contributed by atoms with E-state index in [-0.39, 0.29) is 23.5 Å². The molecule has 0 spiro atoms. The first-order chi connectivity index (χ1) is 6.66. The fourth-order valence-corrected chi connectivity index (χ4v) is 1.14. The molecule has 0 aliphatic carbocycles. The van der Waals surface area contributed by atoms with E-state index in [1.807, 2.05) is 20.9 Å². The van der Waals surface area contributed by atoms with Gasteiger partial charge in [0.1, 0.15) is 6.61 Å². The summed E-state index contributed by atoms with van der Waals surface area (Å²) in [5.74, 6) is -0.165. The number of rotatable bonds is 4. The van der Waals surface area contributed by atoms with Crippen LogP contribution < -0.4 is 0 Å². The van der Waals surface area contributed by atoms with E-state index in [1.165, 1.54) is 0 Å². The highest BCUT2D eigenvalue weighted by atomic mass is 16.5. The second kappa shape index (κ2) is 5.50. The number of carbonyl (C=O) groups excluding carboxylic acids is 1. The molecule has 0 aromatic rings. The van der Waals surface area contributed by atoms with E-state index in [4.69, 9.17) is 4.74 Å². The zero-order valence-electron chi connectivity index (χ0n) is 11.1. The molecule has 0 aliphatic rings. The smallest absolute Gasteiger partial charge is 0.308 e. The van der Waals surface area contributed by atoms with Crippen LogP contribution in [0.4, 0.5) is 0 Å². The number of ether oxygens (including phenoxy) is 1. The first-order valence-electron chi connectivity index (χ1n) is 5.55. The Balaban J connectivity index is 4.05. The Hall–Kier alpha value is -0.570. The number of hydrogen-bond donors (Lipinski definition) is 0. The fraction of sp³-hybridized carbons (Fsp3) is 0.917. The predicted octanol–water partition coefficient (Wildman–Crippen LogP) is 2.30. The normalized spacial score (nSPS) is 14.5. The van der Waals surface area contributed by atoms with Crippen LogP contribution in [0.1, 0.15) is 41.5 Å². The number of carbonyl (C=O) groups is 1. The molecule has 1 atom stereocenters. The standard InChI is InChI=1S/C12H25NO2/c1-9(2)11(14)15-8-10(3)13(7)12(4,5)6/h9-10H,8H2,1-7H3/t10-/m0/s1. The zero-order chi connectivity index (χ0) is 12.2. The molecule has 0 aromatic carbocycles. The average Bonchev–Trinajstić information content (AvgIpc) is 2.10. The van der Waals surface area contributed by atoms with Gasteiger partial charge in [0.15, 0.2) is 0 Å². The molecule has 0 heterocycles. The van der Waals surface area contributed by atoms with Crippen molar-refractivity contribution in [1.29, 1.82) is 0 Å². The van der Waals surface area contributed by atoms with Crippen molar-refractivity contribution in [2.24, 2.45) is 5.92 Å². The summed E-state index contributed by atoms with van der Waals surface area (Å²) in [4.78, 5) is 13.5. The van der Waals surface area contributed by atoms with Crippen molar-refractivity contribution >= 4 is 5.97 Å². The lowest BCUT2D eigenvalue weighted by Gasteiger charge is -2.36. The minimum absolute atomic E-state index is 0.0443. The van der Waals surface area contributed by atoms with Gasteiger partial charge in [-0.25, -0.2) is 0 Å². The molecular weight excluding hydrogens is 190 g/mol. The van der Waals surface area contributed by atoms with Crippen LogP contribution in [0.5, 0.6) is 0 Å². The number of likely N-dealkylation sites (N-methyl/N-ethyl adjacent to an activating group) is 1. The molecule has 0 N–H and O–H groups in total. The Morgan fingerprint density at radius 1 is 1.27 bits per heavy atom. The van der Waals surface area contributed by atoms with E-state index in [0.717, 1.165) is 0 Å². The minimum atomic E-state index is -0.121. The molecule has 3 heteroatoms. The summed E-state index contributed by atoms with van der Waals surface area (Å²) < 4.78 is 5.20. The summed E-state index contributed by atoms with van der Waals surface area (Å²) in [6.07, 6.45) is 0. The minimum Gasteiger partial charge on any atom is -0.464 e. The molecule has 0 saturated carbocycles. The Kier molecular flexibility index (Phi) is 5.29. The van der Waals surface area contributed by atoms with Crippen LogP contribution in [0, 0.1) is 5.92 Å². The highest BCUT2D eigenvalue weighted by Crippen LogP contribution is 2.14. The van der Waals surface area contributed by atoms with Gasteiger partial charge in [-0.1, -0.05) is 13.8 Å². The van der Waals surface area contributed by atoms with Crippen molar-refractivity contribution in [3.8, 4) is 0 Å². The Morgan fingerprint density at radius 2 is 1.73 bits per heavy atom. The lowest BCUT2D eigenvalue weighted by Crippen LogP contribution is -2.46. The van der Waals surface area contributed by atoms with Gasteiger partial charge in [0, 0.05) is 11.6 Å². The largest absolute Gasteiger partial charge is 0.464 e. The Labute approximate surface area is 93.8 Å². The zero-order valence-corrected chi connectivity index (χ0v) is 11.1. The first-order valence-corrected chi connectivity index (χ1v) is 5.55. The fourth-order valence-electron chi connectivity index (χ4n) is 1.14. The van der Waals surface area contributed by atoms with Crippen LogP contribution in [-0.4, -0.2) is 36.1 Å². The van der Waals surface area contributed by atoms with Crippen LogP contribution in [0.15, 0.2) is 0 Å². The topological polar surface area (TPSA) is 29.5 Å². The van der Waals surface area contributed by atoms with Gasteiger partial charge >= 0.3 is 5.97 Å². The SMILES string of the molecule is CC(C)C(=O)OC[C@H](C)N(C)C(C)(C)C. The molecule has 0 radical (unpaired) electrons. The Morgan fingerprint density at radius 3 is 2.07 bits per heavy atom. The molecule has 0 unspecified atom stereocenters. The molecule has 0 saturated heterocycles. The van der Waals surface area contributed by atoms with E-state index in [0.29, 0.717) is 6.61 Å². The molecule has 0 aromatic heterocycles. The summed E-state index contributed by atoms with van der Waals surface area (Å²) >= 11 is 0. The highest BCUT2D eigenvalue weighted by molar-refractivity contribution is 5.71. The number of esters is 1. The third-order valence-corrected chi connectivity index (χ3v) is 2.66. The van der Waals surface area contributed by atoms with Crippen molar-refractivity contribution < 1.29 is 9.53 Å². The molecule has 0 aliphatic heterocycles. The van der Waals surface area contributed by atoms with Gasteiger partial charge < -0.3 is 4.74 Å². The molecule has 0 amide bonds. The maximum absolute atomic E-state index is 11.3. The van der Waals surface area contributed by atoms with Crippen molar-refractivity contribution in [1.82, 2.24) is 4.90 Å². The molecule has 15 heavy (non-hydrogen) atoms. The van der Waals surface area contributed by atoms with E-state index in [1.54, 1.807) is 0 Å². The van der Waals surface area contributed by atoms with Gasteiger partial charge in [-0.2, -0.15) is 0 Å². The second-order valence-electron chi connectivity index (χ2n) is 5.42. The van der Waals surface area contributed by atoms with Crippen LogP contribution in [-0.2, 0) is 9.53 Å². The third kappa shape index (κ3) is 5.17. The molecule has 3 nitrogen and oxygen atoms in total. The van der Waals surface area contributed by atoms with Gasteiger partial charge in [-0.05, 0) is 34.7 Å². The quantitative estimate of drug-likeness (QED) is 0.674. The highest BCUT2D eigenvalue weighted by Gasteiger charge is 2.23. The van der Waals surface area contributed by atoms with E-state index >= 15 is 0 Å². The summed E-state index contributed by atoms with van der Waals surface area (Å²) in [5, 5.41) is 0. The first kappa shape index (κ1) is 14.4. The van der Waals surface area contributed by atoms with Crippen LogP contribution in [0.2, 0.25) is 0 Å². The maximum atomic E-state index is 11.3. The molecule has 0 fully saturated rings. The van der Waals surface area contributed by atoms with Crippen molar-refractivity contribution in [3.63, 3.8) is 0 Å². The lowest BCUT2D eigenvalue weighted by atomic mass is 10.1. The van der Waals surface area contributed by atoms with Gasteiger partial charge in [-0.3, -0.25) is 9.69 Å². The molecule has 0 rings (SSSR count). The molecule has 90 valence electrons. The van der Waals surface area contributed by atoms with Crippen molar-refractivity contribution in [2.75, 3.05) is 13.7 Å². The summed E-state index contributed by atoms with van der Waals surface area (Å²) in [7, 11) is 2.05. The van der Waals surface area contributed by atoms with Crippen LogP contribution in [0.25, 0.3) is 0 Å². The lowest BCUT2D eigenvalue weighted by molar-refractivity contribution is -0.149. The summed E-state index contributed by atoms with van der Waals surface area (Å²) in [6, 6.07) is 0.243. The molecular formula is C12H25NO2. The second-order valence-corrected chi connectivity index (χ2v) is 5.42. The van der Waals surface area contributed by atoms with E-state index < -0.39 is 0 Å². The average molecular weight is 215 g/mol. The van der Waals surface area contributed by atoms with Crippen molar-refractivity contribution in [2.45, 2.75) is 53.1 Å². The third-order valence-electron chi connectivity index (χ3n) is 2.66. The molecule has 0 bridgehead atoms. The maximum Gasteiger partial charge on any atom is 0.308 e. The van der Waals surface area contributed by atoms with Gasteiger partial charge in [-0.15, -0.1) is 0 Å². The van der Waals surface area contributed by atoms with E-state index in [2.05, 4.69) is 32.6 Å². The monoisotopic (exact) mass is 215 g/mol. The predicted molar refractivity (Wildman–Crippen MR) is 62.8 cm³/mol. The van der Waals surface area contributed by atoms with Crippen molar-refractivity contribution in [3.05, 3.63) is 0 Å². The van der Waals surface area contributed by atoms with Crippen LogP contribution >= 0.6 is 0 Å². The van der Waals surface area contributed by atoms with Gasteiger partial charge in [0.05, 0.1) is 5.92 Å². The number of nitrogens with zero attached hydrogens (tertiary/aromatic N) is 1. The summed E-state index contributed by atoms with van der Waals surface area (Å²) in [5.41, 5.74) is 0.101. The van der Waals surface area contributed by atoms with E-state index in [9.17, 15) is 4.79 Å².